The third kappa shape index (κ3) is 10.8. The molecular weight excluding hydrogens is 675 g/mol. The summed E-state index contributed by atoms with van der Waals surface area (Å²) in [7, 11) is 3.26. The van der Waals surface area contributed by atoms with Crippen LogP contribution < -0.4 is 27.4 Å². The molecule has 1 aliphatic rings. The lowest BCUT2D eigenvalue weighted by atomic mass is 10.0. The molecule has 11 nitrogen and oxygen atoms in total. The Morgan fingerprint density at radius 2 is 1.67 bits per heavy atom. The number of nitrogens with one attached hydrogen (secondary N) is 4. The van der Waals surface area contributed by atoms with Crippen LogP contribution in [0.1, 0.15) is 57.1 Å². The molecule has 0 fully saturated rings. The zero-order valence-corrected chi connectivity index (χ0v) is 31.7. The summed E-state index contributed by atoms with van der Waals surface area (Å²) in [5.74, 6) is -0.227. The van der Waals surface area contributed by atoms with E-state index in [0.717, 1.165) is 43.2 Å². The van der Waals surface area contributed by atoms with Crippen molar-refractivity contribution in [3.05, 3.63) is 100 Å². The third-order valence-corrected chi connectivity index (χ3v) is 10.8. The first-order valence-electron chi connectivity index (χ1n) is 18.0. The number of unbranched alkanes of at least 4 members (excludes halogenated alkanes) is 1. The molecule has 3 atom stereocenters. The fraction of sp³-hybridized carbons (Fsp3) is 0.425. The van der Waals surface area contributed by atoms with E-state index >= 15 is 0 Å². The number of hydrogen-bond acceptors (Lipinski definition) is 8. The number of fused-ring (bicyclic) bond motifs is 2. The fourth-order valence-electron chi connectivity index (χ4n) is 6.33. The molecule has 1 aliphatic heterocycles. The molecule has 0 unspecified atom stereocenters. The number of para-hydroxylation sites is 1. The van der Waals surface area contributed by atoms with Crippen LogP contribution in [0.3, 0.4) is 0 Å². The summed E-state index contributed by atoms with van der Waals surface area (Å²) in [5, 5.41) is 10.6. The Morgan fingerprint density at radius 3 is 2.42 bits per heavy atom. The Hall–Kier alpha value is -4.36. The predicted octanol–water partition coefficient (Wildman–Crippen LogP) is 4.65. The smallest absolute Gasteiger partial charge is 0.245 e. The maximum atomic E-state index is 14.4. The van der Waals surface area contributed by atoms with Gasteiger partial charge in [-0.1, -0.05) is 54.7 Å². The summed E-state index contributed by atoms with van der Waals surface area (Å²) >= 11 is 1.55. The molecule has 3 aromatic rings. The summed E-state index contributed by atoms with van der Waals surface area (Å²) in [5.41, 5.74) is 16.2. The van der Waals surface area contributed by atoms with Gasteiger partial charge in [0.15, 0.2) is 0 Å². The molecule has 4 rings (SSSR count). The number of methoxy groups -OCH3 is 1. The summed E-state index contributed by atoms with van der Waals surface area (Å²) in [6.45, 7) is 9.75. The van der Waals surface area contributed by atoms with Crippen molar-refractivity contribution in [2.75, 3.05) is 33.8 Å². The molecule has 2 aromatic carbocycles. The number of aromatic nitrogens is 1. The molecule has 8 N–H and O–H groups in total. The SMILES string of the molecule is C=C1CNC(=O)[C@H](Cc2c[nH]c3ccccc23)N(C)C(=O)[C@H](CCCCN)NC(=O)[C@H](CCCN)NCc2ccccc2S/C1=C(C)/C=C(\C)OC. The van der Waals surface area contributed by atoms with Crippen molar-refractivity contribution >= 4 is 40.4 Å². The number of carbonyl (C=O) groups is 3. The average molecular weight is 730 g/mol. The summed E-state index contributed by atoms with van der Waals surface area (Å²) in [4.78, 5) is 49.3. The third-order valence-electron chi connectivity index (χ3n) is 9.40. The van der Waals surface area contributed by atoms with Crippen LogP contribution in [-0.4, -0.2) is 79.5 Å². The number of H-pyrrole nitrogens is 1. The van der Waals surface area contributed by atoms with E-state index in [2.05, 4.69) is 27.5 Å². The minimum Gasteiger partial charge on any atom is -0.501 e. The van der Waals surface area contributed by atoms with Gasteiger partial charge in [0.1, 0.15) is 12.1 Å². The first-order chi connectivity index (χ1) is 25.1. The van der Waals surface area contributed by atoms with E-state index in [0.29, 0.717) is 57.3 Å². The van der Waals surface area contributed by atoms with Crippen LogP contribution in [0.5, 0.6) is 0 Å². The highest BCUT2D eigenvalue weighted by atomic mass is 32.2. The number of thioether (sulfide) groups is 1. The van der Waals surface area contributed by atoms with Crippen LogP contribution in [0.4, 0.5) is 0 Å². The second kappa shape index (κ2) is 20.0. The van der Waals surface area contributed by atoms with Gasteiger partial charge < -0.3 is 42.0 Å². The number of benzene rings is 2. The highest BCUT2D eigenvalue weighted by Gasteiger charge is 2.34. The summed E-state index contributed by atoms with van der Waals surface area (Å²) in [6, 6.07) is 13.5. The second-order valence-electron chi connectivity index (χ2n) is 13.2. The zero-order valence-electron chi connectivity index (χ0n) is 30.9. The lowest BCUT2D eigenvalue weighted by Gasteiger charge is -2.32. The standard InChI is InChI=1S/C40H55N7O4S/c1-26(21-28(3)51-5)37-27(2)23-45-39(49)35(22-30-25-43-32-15-8-7-14-31(30)32)47(4)40(50)34(16-10-11-19-41)46-38(48)33(17-12-20-42)44-24-29-13-6-9-18-36(29)52-37/h6-9,13-15,18,21,25,33-35,43-44H,2,10-12,16-17,19-20,22-24,41-42H2,1,3-5H3,(H,45,49)(H,46,48)/b28-21+,37-26+/t33-,34-,35-/m0/s1. The molecule has 1 aromatic heterocycles. The van der Waals surface area contributed by atoms with Crippen molar-refractivity contribution in [2.24, 2.45) is 11.5 Å². The van der Waals surface area contributed by atoms with Gasteiger partial charge in [0.25, 0.3) is 0 Å². The normalized spacial score (nSPS) is 21.0. The van der Waals surface area contributed by atoms with Gasteiger partial charge in [-0.05, 0) is 99.5 Å². The molecular formula is C40H55N7O4S. The molecule has 280 valence electrons. The van der Waals surface area contributed by atoms with Crippen molar-refractivity contribution in [3.63, 3.8) is 0 Å². The number of amides is 3. The van der Waals surface area contributed by atoms with E-state index < -0.39 is 18.1 Å². The Bertz CT molecular complexity index is 1770. The van der Waals surface area contributed by atoms with Gasteiger partial charge in [0, 0.05) is 53.5 Å². The zero-order chi connectivity index (χ0) is 37.6. The number of ether oxygens (including phenoxy) is 1. The van der Waals surface area contributed by atoms with Crippen molar-refractivity contribution in [3.8, 4) is 0 Å². The molecule has 0 aliphatic carbocycles. The first-order valence-corrected chi connectivity index (χ1v) is 18.8. The number of nitrogens with zero attached hydrogens (tertiary/aromatic N) is 1. The Morgan fingerprint density at radius 1 is 0.962 bits per heavy atom. The van der Waals surface area contributed by atoms with E-state index in [1.54, 1.807) is 25.9 Å². The van der Waals surface area contributed by atoms with Gasteiger partial charge in [-0.3, -0.25) is 14.4 Å². The van der Waals surface area contributed by atoms with Gasteiger partial charge in [-0.25, -0.2) is 0 Å². The van der Waals surface area contributed by atoms with Crippen LogP contribution in [0.15, 0.2) is 94.1 Å². The molecule has 0 saturated heterocycles. The predicted molar refractivity (Wildman–Crippen MR) is 210 cm³/mol. The maximum Gasteiger partial charge on any atom is 0.245 e. The van der Waals surface area contributed by atoms with E-state index in [4.69, 9.17) is 16.2 Å². The van der Waals surface area contributed by atoms with Crippen molar-refractivity contribution < 1.29 is 19.1 Å². The molecule has 0 radical (unpaired) electrons. The van der Waals surface area contributed by atoms with Gasteiger partial charge in [0.05, 0.1) is 18.9 Å². The second-order valence-corrected chi connectivity index (χ2v) is 14.3. The van der Waals surface area contributed by atoms with Gasteiger partial charge in [0.2, 0.25) is 17.7 Å². The van der Waals surface area contributed by atoms with E-state index in [-0.39, 0.29) is 30.7 Å². The highest BCUT2D eigenvalue weighted by molar-refractivity contribution is 8.03. The maximum absolute atomic E-state index is 14.4. The van der Waals surface area contributed by atoms with Crippen LogP contribution in [0.25, 0.3) is 10.9 Å². The van der Waals surface area contributed by atoms with E-state index in [1.165, 1.54) is 4.90 Å². The molecule has 2 heterocycles. The Balaban J connectivity index is 1.80. The lowest BCUT2D eigenvalue weighted by Crippen LogP contribution is -2.57. The molecule has 0 saturated carbocycles. The first kappa shape index (κ1) is 40.4. The van der Waals surface area contributed by atoms with Crippen LogP contribution in [0.2, 0.25) is 0 Å². The topological polar surface area (TPSA) is 168 Å². The molecule has 12 heteroatoms. The lowest BCUT2D eigenvalue weighted by molar-refractivity contribution is -0.142. The average Bonchev–Trinajstić information content (AvgIpc) is 3.56. The minimum atomic E-state index is -0.882. The number of rotatable bonds is 11. The number of carbonyl (C=O) groups excluding carboxylic acids is 3. The monoisotopic (exact) mass is 729 g/mol. The van der Waals surface area contributed by atoms with Crippen molar-refractivity contribution in [1.82, 2.24) is 25.8 Å². The van der Waals surface area contributed by atoms with Gasteiger partial charge >= 0.3 is 0 Å². The van der Waals surface area contributed by atoms with Gasteiger partial charge in [-0.15, -0.1) is 0 Å². The molecule has 0 spiro atoms. The van der Waals surface area contributed by atoms with Gasteiger partial charge in [-0.2, -0.15) is 0 Å². The van der Waals surface area contributed by atoms with Crippen molar-refractivity contribution in [1.29, 1.82) is 0 Å². The number of hydrogen-bond donors (Lipinski definition) is 6. The van der Waals surface area contributed by atoms with Crippen LogP contribution >= 0.6 is 11.8 Å². The fourth-order valence-corrected chi connectivity index (χ4v) is 7.40. The van der Waals surface area contributed by atoms with Crippen LogP contribution in [0, 0.1) is 0 Å². The summed E-state index contributed by atoms with van der Waals surface area (Å²) < 4.78 is 5.46. The molecule has 3 amide bonds. The minimum absolute atomic E-state index is 0.156. The largest absolute Gasteiger partial charge is 0.501 e. The Labute approximate surface area is 312 Å². The number of likely N-dealkylation sites (N-methyl/N-ethyl adjacent to an activating group) is 1. The van der Waals surface area contributed by atoms with E-state index in [1.807, 2.05) is 74.7 Å². The number of aromatic amines is 1. The Kier molecular flexibility index (Phi) is 15.6. The number of nitrogens with two attached hydrogens (primary N) is 2. The molecule has 0 bridgehead atoms. The quantitative estimate of drug-likeness (QED) is 0.123. The number of allylic oxidation sites excluding steroid dienone is 3. The van der Waals surface area contributed by atoms with E-state index in [9.17, 15) is 14.4 Å². The summed E-state index contributed by atoms with van der Waals surface area (Å²) in [6.07, 6.45) is 6.92. The highest BCUT2D eigenvalue weighted by Crippen LogP contribution is 2.36. The van der Waals surface area contributed by atoms with Crippen LogP contribution in [-0.2, 0) is 32.1 Å². The van der Waals surface area contributed by atoms with Crippen molar-refractivity contribution in [2.45, 2.75) is 81.9 Å². The molecule has 52 heavy (non-hydrogen) atoms.